The van der Waals surface area contributed by atoms with E-state index in [-0.39, 0.29) is 5.54 Å². The quantitative estimate of drug-likeness (QED) is 0.295. The topological polar surface area (TPSA) is 21.6 Å². The molecule has 2 heteroatoms. The lowest BCUT2D eigenvalue weighted by atomic mass is 10.0. The lowest BCUT2D eigenvalue weighted by Gasteiger charge is -2.07. The molecule has 0 amide bonds. The Bertz CT molecular complexity index is 309. The highest BCUT2D eigenvalue weighted by Gasteiger charge is 2.25. The predicted octanol–water partition coefficient (Wildman–Crippen LogP) is 7.07. The second-order valence-electron chi connectivity index (χ2n) is 7.95. The van der Waals surface area contributed by atoms with Gasteiger partial charge < -0.3 is 4.74 Å². The minimum Gasteiger partial charge on any atom is -0.478 e. The number of rotatable bonds is 15. The molecule has 0 unspecified atom stereocenters. The van der Waals surface area contributed by atoms with Gasteiger partial charge in [0.2, 0.25) is 0 Å². The van der Waals surface area contributed by atoms with E-state index >= 15 is 0 Å². The van der Waals surface area contributed by atoms with Gasteiger partial charge in [-0.15, -0.1) is 0 Å². The molecule has 0 atom stereocenters. The average Bonchev–Trinajstić information content (AvgIpc) is 2.87. The molecule has 0 aromatic heterocycles. The van der Waals surface area contributed by atoms with Gasteiger partial charge in [-0.3, -0.25) is 0 Å². The number of unbranched alkanes of at least 4 members (excludes halogenated alkanes) is 13. The van der Waals surface area contributed by atoms with E-state index in [9.17, 15) is 0 Å². The normalized spacial score (nSPS) is 16.4. The van der Waals surface area contributed by atoms with Gasteiger partial charge in [0, 0.05) is 6.42 Å². The van der Waals surface area contributed by atoms with Crippen molar-refractivity contribution in [3.63, 3.8) is 0 Å². The molecular formula is C21H41NO. The van der Waals surface area contributed by atoms with Crippen molar-refractivity contribution >= 4 is 5.90 Å². The minimum atomic E-state index is 0.0192. The summed E-state index contributed by atoms with van der Waals surface area (Å²) in [6, 6.07) is 0. The molecule has 1 heterocycles. The summed E-state index contributed by atoms with van der Waals surface area (Å²) in [7, 11) is 0. The van der Waals surface area contributed by atoms with Gasteiger partial charge in [-0.2, -0.15) is 0 Å². The third-order valence-corrected chi connectivity index (χ3v) is 4.76. The van der Waals surface area contributed by atoms with Gasteiger partial charge in [0.1, 0.15) is 6.61 Å². The average molecular weight is 324 g/mol. The van der Waals surface area contributed by atoms with Crippen molar-refractivity contribution in [1.29, 1.82) is 0 Å². The van der Waals surface area contributed by atoms with Crippen LogP contribution in [0.4, 0.5) is 0 Å². The molecule has 0 N–H and O–H groups in total. The van der Waals surface area contributed by atoms with Crippen LogP contribution < -0.4 is 0 Å². The van der Waals surface area contributed by atoms with E-state index in [1.807, 2.05) is 0 Å². The van der Waals surface area contributed by atoms with Crippen molar-refractivity contribution in [3.05, 3.63) is 0 Å². The Morgan fingerprint density at radius 2 is 1.17 bits per heavy atom. The highest BCUT2D eigenvalue weighted by atomic mass is 16.5. The molecule has 0 saturated carbocycles. The minimum absolute atomic E-state index is 0.0192. The lowest BCUT2D eigenvalue weighted by Crippen LogP contribution is -2.17. The summed E-state index contributed by atoms with van der Waals surface area (Å²) in [6.07, 6.45) is 20.8. The SMILES string of the molecule is CCCCCCCCCCCCCCCCC1=NC(C)(C)CO1. The van der Waals surface area contributed by atoms with Crippen LogP contribution in [0.5, 0.6) is 0 Å². The van der Waals surface area contributed by atoms with Crippen LogP contribution in [0.25, 0.3) is 0 Å². The molecule has 1 aliphatic rings. The number of nitrogens with zero attached hydrogens (tertiary/aromatic N) is 1. The zero-order valence-corrected chi connectivity index (χ0v) is 16.2. The summed E-state index contributed by atoms with van der Waals surface area (Å²) in [4.78, 5) is 4.61. The van der Waals surface area contributed by atoms with Crippen molar-refractivity contribution in [2.24, 2.45) is 4.99 Å². The number of hydrogen-bond acceptors (Lipinski definition) is 2. The Labute approximate surface area is 145 Å². The van der Waals surface area contributed by atoms with Gasteiger partial charge in [-0.25, -0.2) is 4.99 Å². The van der Waals surface area contributed by atoms with Crippen molar-refractivity contribution in [1.82, 2.24) is 0 Å². The molecule has 1 aliphatic heterocycles. The molecule has 23 heavy (non-hydrogen) atoms. The Morgan fingerprint density at radius 3 is 1.57 bits per heavy atom. The van der Waals surface area contributed by atoms with Crippen LogP contribution in [-0.4, -0.2) is 18.0 Å². The Morgan fingerprint density at radius 1 is 0.739 bits per heavy atom. The second kappa shape index (κ2) is 12.8. The predicted molar refractivity (Wildman–Crippen MR) is 102 cm³/mol. The largest absolute Gasteiger partial charge is 0.478 e. The van der Waals surface area contributed by atoms with Crippen molar-refractivity contribution in [2.45, 2.75) is 123 Å². The van der Waals surface area contributed by atoms with E-state index in [1.165, 1.54) is 89.9 Å². The van der Waals surface area contributed by atoms with E-state index in [1.54, 1.807) is 0 Å². The molecule has 0 bridgehead atoms. The van der Waals surface area contributed by atoms with Crippen LogP contribution in [0.2, 0.25) is 0 Å². The van der Waals surface area contributed by atoms with E-state index in [4.69, 9.17) is 4.74 Å². The van der Waals surface area contributed by atoms with Crippen molar-refractivity contribution in [2.75, 3.05) is 6.61 Å². The molecule has 1 rings (SSSR count). The van der Waals surface area contributed by atoms with Crippen LogP contribution in [-0.2, 0) is 4.74 Å². The van der Waals surface area contributed by atoms with Gasteiger partial charge >= 0.3 is 0 Å². The zero-order chi connectivity index (χ0) is 16.8. The molecule has 0 aromatic carbocycles. The maximum atomic E-state index is 5.63. The Balaban J connectivity index is 1.75. The maximum Gasteiger partial charge on any atom is 0.183 e. The fourth-order valence-electron chi connectivity index (χ4n) is 3.26. The molecule has 0 fully saturated rings. The van der Waals surface area contributed by atoms with Gasteiger partial charge in [-0.1, -0.05) is 90.4 Å². The maximum absolute atomic E-state index is 5.63. The molecule has 0 aromatic rings. The third-order valence-electron chi connectivity index (χ3n) is 4.76. The molecule has 0 spiro atoms. The number of hydrogen-bond donors (Lipinski definition) is 0. The summed E-state index contributed by atoms with van der Waals surface area (Å²) >= 11 is 0. The summed E-state index contributed by atoms with van der Waals surface area (Å²) in [5, 5.41) is 0. The van der Waals surface area contributed by atoms with Crippen molar-refractivity contribution in [3.8, 4) is 0 Å². The Hall–Kier alpha value is -0.530. The van der Waals surface area contributed by atoms with Crippen LogP contribution >= 0.6 is 0 Å². The van der Waals surface area contributed by atoms with Gasteiger partial charge in [-0.05, 0) is 20.3 Å². The zero-order valence-electron chi connectivity index (χ0n) is 16.2. The Kier molecular flexibility index (Phi) is 11.5. The first-order valence-electron chi connectivity index (χ1n) is 10.4. The monoisotopic (exact) mass is 323 g/mol. The molecule has 0 saturated heterocycles. The number of aliphatic imine (C=N–C) groups is 1. The lowest BCUT2D eigenvalue weighted by molar-refractivity contribution is 0.273. The standard InChI is InChI=1S/C21H41NO/c1-4-5-6-7-8-9-10-11-12-13-14-15-16-17-18-20-22-21(2,3)19-23-20/h4-19H2,1-3H3. The van der Waals surface area contributed by atoms with Crippen LogP contribution in [0, 0.1) is 0 Å². The smallest absolute Gasteiger partial charge is 0.183 e. The van der Waals surface area contributed by atoms with E-state index in [2.05, 4.69) is 25.8 Å². The summed E-state index contributed by atoms with van der Waals surface area (Å²) < 4.78 is 5.63. The summed E-state index contributed by atoms with van der Waals surface area (Å²) in [5.74, 6) is 0.994. The first kappa shape index (κ1) is 20.5. The first-order valence-corrected chi connectivity index (χ1v) is 10.4. The highest BCUT2D eigenvalue weighted by molar-refractivity contribution is 5.78. The molecule has 136 valence electrons. The summed E-state index contributed by atoms with van der Waals surface area (Å²) in [6.45, 7) is 7.34. The number of ether oxygens (including phenoxy) is 1. The van der Waals surface area contributed by atoms with Gasteiger partial charge in [0.15, 0.2) is 5.90 Å². The van der Waals surface area contributed by atoms with Crippen LogP contribution in [0.3, 0.4) is 0 Å². The van der Waals surface area contributed by atoms with Crippen LogP contribution in [0.15, 0.2) is 4.99 Å². The fraction of sp³-hybridized carbons (Fsp3) is 0.952. The van der Waals surface area contributed by atoms with Gasteiger partial charge in [0.05, 0.1) is 5.54 Å². The fourth-order valence-corrected chi connectivity index (χ4v) is 3.26. The van der Waals surface area contributed by atoms with E-state index in [0.717, 1.165) is 18.9 Å². The molecule has 0 radical (unpaired) electrons. The molecule has 0 aliphatic carbocycles. The summed E-state index contributed by atoms with van der Waals surface area (Å²) in [5.41, 5.74) is 0.0192. The second-order valence-corrected chi connectivity index (χ2v) is 7.95. The first-order chi connectivity index (χ1) is 11.1. The van der Waals surface area contributed by atoms with Gasteiger partial charge in [0.25, 0.3) is 0 Å². The van der Waals surface area contributed by atoms with E-state index in [0.29, 0.717) is 0 Å². The third kappa shape index (κ3) is 11.6. The van der Waals surface area contributed by atoms with E-state index < -0.39 is 0 Å². The molecular weight excluding hydrogens is 282 g/mol. The molecule has 2 nitrogen and oxygen atoms in total. The highest BCUT2D eigenvalue weighted by Crippen LogP contribution is 2.20. The van der Waals surface area contributed by atoms with Crippen LogP contribution in [0.1, 0.15) is 117 Å². The van der Waals surface area contributed by atoms with Crippen molar-refractivity contribution < 1.29 is 4.74 Å².